The first kappa shape index (κ1) is 17.5. The van der Waals surface area contributed by atoms with Crippen molar-refractivity contribution in [2.24, 2.45) is 0 Å². The number of hydrogen-bond acceptors (Lipinski definition) is 3. The first-order chi connectivity index (χ1) is 11.4. The van der Waals surface area contributed by atoms with Gasteiger partial charge in [-0.25, -0.2) is 9.59 Å². The number of ether oxygens (including phenoxy) is 1. The van der Waals surface area contributed by atoms with Gasteiger partial charge in [0.15, 0.2) is 0 Å². The number of carboxylic acids is 1. The molecule has 2 aromatic carbocycles. The Kier molecular flexibility index (Phi) is 5.58. The molecule has 0 bridgehead atoms. The van der Waals surface area contributed by atoms with Crippen molar-refractivity contribution in [2.75, 3.05) is 7.05 Å². The number of likely N-dealkylation sites (N-methyl/N-ethyl adjacent to an activating group) is 1. The smallest absolute Gasteiger partial charge is 0.410 e. The molecule has 2 rings (SSSR count). The van der Waals surface area contributed by atoms with Crippen molar-refractivity contribution in [1.82, 2.24) is 4.90 Å². The molecule has 0 fully saturated rings. The van der Waals surface area contributed by atoms with Crippen LogP contribution >= 0.6 is 0 Å². The molecule has 0 spiro atoms. The second-order valence-electron chi connectivity index (χ2n) is 5.84. The molecule has 0 saturated heterocycles. The highest BCUT2D eigenvalue weighted by molar-refractivity contribution is 5.84. The summed E-state index contributed by atoms with van der Waals surface area (Å²) in [5.41, 5.74) is 0.291. The van der Waals surface area contributed by atoms with Gasteiger partial charge in [0.2, 0.25) is 0 Å². The van der Waals surface area contributed by atoms with Crippen molar-refractivity contribution in [3.8, 4) is 0 Å². The average Bonchev–Trinajstić information content (AvgIpc) is 2.60. The van der Waals surface area contributed by atoms with E-state index in [-0.39, 0.29) is 13.0 Å². The van der Waals surface area contributed by atoms with Crippen LogP contribution < -0.4 is 0 Å². The van der Waals surface area contributed by atoms with Gasteiger partial charge < -0.3 is 9.84 Å². The Balaban J connectivity index is 2.08. The van der Waals surface area contributed by atoms with Crippen LogP contribution in [-0.2, 0) is 22.6 Å². The number of amides is 1. The number of carboxylic acid groups (broad SMARTS) is 1. The van der Waals surface area contributed by atoms with Gasteiger partial charge in [-0.05, 0) is 18.1 Å². The van der Waals surface area contributed by atoms with Crippen LogP contribution in [-0.4, -0.2) is 34.7 Å². The molecule has 0 aliphatic carbocycles. The Hall–Kier alpha value is -2.82. The molecule has 0 aliphatic heterocycles. The summed E-state index contributed by atoms with van der Waals surface area (Å²) in [5.74, 6) is -1.08. The molecule has 5 nitrogen and oxygen atoms in total. The molecule has 1 amide bonds. The number of hydrogen-bond donors (Lipinski definition) is 1. The van der Waals surface area contributed by atoms with Crippen LogP contribution in [0.2, 0.25) is 0 Å². The van der Waals surface area contributed by atoms with E-state index in [9.17, 15) is 14.7 Å². The third kappa shape index (κ3) is 4.13. The van der Waals surface area contributed by atoms with Crippen LogP contribution in [0, 0.1) is 0 Å². The van der Waals surface area contributed by atoms with E-state index in [2.05, 4.69) is 0 Å². The Morgan fingerprint density at radius 2 is 1.50 bits per heavy atom. The quantitative estimate of drug-likeness (QED) is 0.883. The zero-order chi connectivity index (χ0) is 17.6. The summed E-state index contributed by atoms with van der Waals surface area (Å²) < 4.78 is 5.25. The summed E-state index contributed by atoms with van der Waals surface area (Å²) in [4.78, 5) is 25.2. The van der Waals surface area contributed by atoms with E-state index >= 15 is 0 Å². The maximum absolute atomic E-state index is 12.3. The number of carbonyl (C=O) groups is 2. The van der Waals surface area contributed by atoms with Crippen LogP contribution in [0.15, 0.2) is 60.7 Å². The summed E-state index contributed by atoms with van der Waals surface area (Å²) in [7, 11) is 1.45. The fraction of sp³-hybridized carbons (Fsp3) is 0.263. The number of benzene rings is 2. The molecule has 24 heavy (non-hydrogen) atoms. The second-order valence-corrected chi connectivity index (χ2v) is 5.84. The lowest BCUT2D eigenvalue weighted by Crippen LogP contribution is -2.54. The zero-order valence-electron chi connectivity index (χ0n) is 13.8. The van der Waals surface area contributed by atoms with E-state index in [0.717, 1.165) is 16.0 Å². The van der Waals surface area contributed by atoms with Gasteiger partial charge in [0.05, 0.1) is 0 Å². The fourth-order valence-electron chi connectivity index (χ4n) is 2.35. The van der Waals surface area contributed by atoms with Gasteiger partial charge in [0.25, 0.3) is 0 Å². The van der Waals surface area contributed by atoms with E-state index in [4.69, 9.17) is 4.74 Å². The molecular weight excluding hydrogens is 306 g/mol. The molecule has 0 aromatic heterocycles. The number of carbonyl (C=O) groups excluding carboxylic acids is 1. The molecule has 1 unspecified atom stereocenters. The maximum atomic E-state index is 12.3. The Morgan fingerprint density at radius 3 is 2.00 bits per heavy atom. The molecule has 0 heterocycles. The Labute approximate surface area is 141 Å². The van der Waals surface area contributed by atoms with Crippen molar-refractivity contribution in [2.45, 2.75) is 25.5 Å². The third-order valence-electron chi connectivity index (χ3n) is 4.07. The lowest BCUT2D eigenvalue weighted by atomic mass is 9.91. The minimum atomic E-state index is -1.39. The van der Waals surface area contributed by atoms with E-state index in [1.807, 2.05) is 60.7 Å². The zero-order valence-corrected chi connectivity index (χ0v) is 13.8. The van der Waals surface area contributed by atoms with Crippen molar-refractivity contribution in [3.05, 3.63) is 71.8 Å². The highest BCUT2D eigenvalue weighted by Gasteiger charge is 2.41. The highest BCUT2D eigenvalue weighted by atomic mass is 16.6. The van der Waals surface area contributed by atoms with Gasteiger partial charge in [0.1, 0.15) is 12.1 Å². The van der Waals surface area contributed by atoms with Crippen molar-refractivity contribution in [1.29, 1.82) is 0 Å². The molecule has 5 heteroatoms. The number of nitrogens with zero attached hydrogens (tertiary/aromatic N) is 1. The number of rotatable bonds is 6. The van der Waals surface area contributed by atoms with Gasteiger partial charge in [-0.2, -0.15) is 0 Å². The molecule has 126 valence electrons. The van der Waals surface area contributed by atoms with Crippen LogP contribution in [0.25, 0.3) is 0 Å². The van der Waals surface area contributed by atoms with Crippen LogP contribution in [0.4, 0.5) is 4.79 Å². The van der Waals surface area contributed by atoms with Crippen molar-refractivity contribution < 1.29 is 19.4 Å². The Morgan fingerprint density at radius 1 is 1.00 bits per heavy atom. The SMILES string of the molecule is CN(C(=O)OCc1ccccc1)C(C)(Cc1ccccc1)C(=O)O. The molecule has 0 radical (unpaired) electrons. The molecule has 1 N–H and O–H groups in total. The lowest BCUT2D eigenvalue weighted by molar-refractivity contribution is -0.148. The third-order valence-corrected chi connectivity index (χ3v) is 4.07. The minimum Gasteiger partial charge on any atom is -0.479 e. The van der Waals surface area contributed by atoms with E-state index < -0.39 is 17.6 Å². The van der Waals surface area contributed by atoms with Crippen LogP contribution in [0.5, 0.6) is 0 Å². The molecular formula is C19H21NO4. The monoisotopic (exact) mass is 327 g/mol. The summed E-state index contributed by atoms with van der Waals surface area (Å²) in [6, 6.07) is 18.5. The largest absolute Gasteiger partial charge is 0.479 e. The van der Waals surface area contributed by atoms with E-state index in [1.165, 1.54) is 14.0 Å². The van der Waals surface area contributed by atoms with Gasteiger partial charge in [-0.1, -0.05) is 60.7 Å². The summed E-state index contributed by atoms with van der Waals surface area (Å²) in [6.07, 6.45) is -0.472. The average molecular weight is 327 g/mol. The van der Waals surface area contributed by atoms with E-state index in [0.29, 0.717) is 0 Å². The highest BCUT2D eigenvalue weighted by Crippen LogP contribution is 2.21. The molecule has 0 saturated carbocycles. The van der Waals surface area contributed by atoms with Crippen LogP contribution in [0.1, 0.15) is 18.1 Å². The first-order valence-corrected chi connectivity index (χ1v) is 7.65. The standard InChI is InChI=1S/C19H21NO4/c1-19(17(21)22,13-15-9-5-3-6-10-15)20(2)18(23)24-14-16-11-7-4-8-12-16/h3-12H,13-14H2,1-2H3,(H,21,22). The normalized spacial score (nSPS) is 12.9. The second kappa shape index (κ2) is 7.64. The summed E-state index contributed by atoms with van der Waals surface area (Å²) >= 11 is 0. The van der Waals surface area contributed by atoms with Gasteiger partial charge >= 0.3 is 12.1 Å². The van der Waals surface area contributed by atoms with Gasteiger partial charge in [-0.3, -0.25) is 4.90 Å². The van der Waals surface area contributed by atoms with Gasteiger partial charge in [0, 0.05) is 13.5 Å². The molecule has 1 atom stereocenters. The fourth-order valence-corrected chi connectivity index (χ4v) is 2.35. The topological polar surface area (TPSA) is 66.8 Å². The maximum Gasteiger partial charge on any atom is 0.410 e. The predicted octanol–water partition coefficient (Wildman–Crippen LogP) is 3.34. The predicted molar refractivity (Wildman–Crippen MR) is 90.6 cm³/mol. The molecule has 2 aromatic rings. The van der Waals surface area contributed by atoms with Gasteiger partial charge in [-0.15, -0.1) is 0 Å². The van der Waals surface area contributed by atoms with E-state index in [1.54, 1.807) is 0 Å². The summed E-state index contributed by atoms with van der Waals surface area (Å²) in [5, 5.41) is 9.65. The molecule has 0 aliphatic rings. The summed E-state index contributed by atoms with van der Waals surface area (Å²) in [6.45, 7) is 1.62. The minimum absolute atomic E-state index is 0.102. The lowest BCUT2D eigenvalue weighted by Gasteiger charge is -2.34. The van der Waals surface area contributed by atoms with Crippen LogP contribution in [0.3, 0.4) is 0 Å². The van der Waals surface area contributed by atoms with Crippen molar-refractivity contribution in [3.63, 3.8) is 0 Å². The number of aliphatic carboxylic acids is 1. The Bertz CT molecular complexity index is 687. The first-order valence-electron chi connectivity index (χ1n) is 7.65. The van der Waals surface area contributed by atoms with Crippen molar-refractivity contribution >= 4 is 12.1 Å².